The highest BCUT2D eigenvalue weighted by atomic mass is 16.6. The lowest BCUT2D eigenvalue weighted by molar-refractivity contribution is -0.110. The van der Waals surface area contributed by atoms with Gasteiger partial charge in [-0.3, -0.25) is 9.58 Å². The second-order valence-corrected chi connectivity index (χ2v) is 11.4. The molecule has 1 unspecified atom stereocenters. The van der Waals surface area contributed by atoms with E-state index in [0.717, 1.165) is 48.8 Å². The van der Waals surface area contributed by atoms with Crippen molar-refractivity contribution in [2.24, 2.45) is 13.0 Å². The van der Waals surface area contributed by atoms with Crippen molar-refractivity contribution in [2.45, 2.75) is 83.4 Å². The minimum absolute atomic E-state index is 0.0477. The number of nitrogens with one attached hydrogen (secondary N) is 1. The first kappa shape index (κ1) is 27.6. The van der Waals surface area contributed by atoms with Crippen LogP contribution in [0.1, 0.15) is 64.9 Å². The Hall–Kier alpha value is -3.42. The van der Waals surface area contributed by atoms with Gasteiger partial charge < -0.3 is 14.8 Å². The Balaban J connectivity index is 1.72. The van der Waals surface area contributed by atoms with Gasteiger partial charge in [-0.1, -0.05) is 50.0 Å². The lowest BCUT2D eigenvalue weighted by Gasteiger charge is -2.51. The zero-order valence-corrected chi connectivity index (χ0v) is 23.3. The number of rotatable bonds is 7. The molecule has 0 saturated heterocycles. The minimum atomic E-state index is -0.776. The number of pyridine rings is 1. The molecule has 1 amide bonds. The smallest absolute Gasteiger partial charge is 0.411 e. The third-order valence-corrected chi connectivity index (χ3v) is 7.59. The number of amides is 1. The van der Waals surface area contributed by atoms with Crippen LogP contribution in [-0.4, -0.2) is 55.8 Å². The Morgan fingerprint density at radius 2 is 1.92 bits per heavy atom. The van der Waals surface area contributed by atoms with Gasteiger partial charge in [-0.2, -0.15) is 5.10 Å². The number of anilines is 1. The maximum absolute atomic E-state index is 13.7. The van der Waals surface area contributed by atoms with Gasteiger partial charge in [0.25, 0.3) is 0 Å². The third-order valence-electron chi connectivity index (χ3n) is 7.59. The van der Waals surface area contributed by atoms with E-state index in [0.29, 0.717) is 5.82 Å². The van der Waals surface area contributed by atoms with E-state index in [-0.39, 0.29) is 18.5 Å². The van der Waals surface area contributed by atoms with Crippen molar-refractivity contribution >= 4 is 18.2 Å². The maximum Gasteiger partial charge on any atom is 0.411 e. The van der Waals surface area contributed by atoms with Crippen molar-refractivity contribution < 1.29 is 14.3 Å². The van der Waals surface area contributed by atoms with Crippen LogP contribution >= 0.6 is 0 Å². The molecule has 1 N–H and O–H groups in total. The van der Waals surface area contributed by atoms with Gasteiger partial charge in [-0.15, -0.1) is 0 Å². The second-order valence-electron chi connectivity index (χ2n) is 11.4. The zero-order valence-electron chi connectivity index (χ0n) is 23.3. The van der Waals surface area contributed by atoms with Crippen molar-refractivity contribution in [1.29, 1.82) is 0 Å². The lowest BCUT2D eigenvalue weighted by atomic mass is 9.70. The number of aryl methyl sites for hydroxylation is 2. The van der Waals surface area contributed by atoms with Crippen molar-refractivity contribution in [3.05, 3.63) is 54.4 Å². The number of carbonyl (C=O) groups excluding carboxylic acids is 2. The number of hydrogen-bond donors (Lipinski definition) is 1. The summed E-state index contributed by atoms with van der Waals surface area (Å²) in [5.41, 5.74) is 1.64. The van der Waals surface area contributed by atoms with E-state index in [2.05, 4.69) is 22.6 Å². The number of aromatic nitrogens is 3. The molecular weight excluding hydrogens is 478 g/mol. The monoisotopic (exact) mass is 519 g/mol. The Bertz CT molecular complexity index is 1150. The molecule has 2 aromatic rings. The van der Waals surface area contributed by atoms with E-state index in [9.17, 15) is 9.59 Å². The Morgan fingerprint density at radius 3 is 2.50 bits per heavy atom. The number of nitrogens with zero attached hydrogens (tertiary/aromatic N) is 4. The van der Waals surface area contributed by atoms with Gasteiger partial charge in [-0.25, -0.2) is 9.78 Å². The molecule has 2 atom stereocenters. The summed E-state index contributed by atoms with van der Waals surface area (Å²) in [6.07, 6.45) is 18.7. The SMILES string of the molecule is Cc1cnn(C)c1-c1ccc(NC2C=CC=C[C@]2(C2CCCCCC2)N(CC=O)C(=O)OC(C)(C)C)nc1. The molecule has 1 fully saturated rings. The third kappa shape index (κ3) is 5.84. The van der Waals surface area contributed by atoms with Gasteiger partial charge in [0.1, 0.15) is 17.7 Å². The Kier molecular flexibility index (Phi) is 8.38. The lowest BCUT2D eigenvalue weighted by Crippen LogP contribution is -2.65. The summed E-state index contributed by atoms with van der Waals surface area (Å²) >= 11 is 0. The molecule has 2 heterocycles. The van der Waals surface area contributed by atoms with Gasteiger partial charge in [0.15, 0.2) is 0 Å². The van der Waals surface area contributed by atoms with E-state index in [1.54, 1.807) is 4.90 Å². The average molecular weight is 520 g/mol. The van der Waals surface area contributed by atoms with Crippen LogP contribution in [0.5, 0.6) is 0 Å². The standard InChI is InChI=1S/C30H41N5O3/c1-22-20-32-34(5)27(22)23-15-16-26(31-21-23)33-25-14-10-11-17-30(25,24-12-8-6-7-9-13-24)35(18-19-36)28(37)38-29(2,3)4/h10-11,14-17,19-21,24-25H,6-9,12-13,18H2,1-5H3,(H,31,33)/t25?,30-/m1/s1. The van der Waals surface area contributed by atoms with E-state index in [1.165, 1.54) is 12.8 Å². The van der Waals surface area contributed by atoms with Crippen molar-refractivity contribution in [3.63, 3.8) is 0 Å². The van der Waals surface area contributed by atoms with Gasteiger partial charge in [0.2, 0.25) is 0 Å². The van der Waals surface area contributed by atoms with Crippen molar-refractivity contribution in [3.8, 4) is 11.3 Å². The summed E-state index contributed by atoms with van der Waals surface area (Å²) < 4.78 is 7.70. The fraction of sp³-hybridized carbons (Fsp3) is 0.533. The number of carbonyl (C=O) groups is 2. The van der Waals surface area contributed by atoms with Crippen LogP contribution in [0.25, 0.3) is 11.3 Å². The molecule has 4 rings (SSSR count). The predicted molar refractivity (Wildman–Crippen MR) is 150 cm³/mol. The molecule has 0 aliphatic heterocycles. The second kappa shape index (κ2) is 11.5. The van der Waals surface area contributed by atoms with Gasteiger partial charge >= 0.3 is 6.09 Å². The Morgan fingerprint density at radius 1 is 1.18 bits per heavy atom. The summed E-state index contributed by atoms with van der Waals surface area (Å²) in [6, 6.07) is 3.70. The first-order valence-electron chi connectivity index (χ1n) is 13.7. The van der Waals surface area contributed by atoms with Crippen molar-refractivity contribution in [1.82, 2.24) is 19.7 Å². The van der Waals surface area contributed by atoms with Gasteiger partial charge in [0.05, 0.1) is 30.0 Å². The fourth-order valence-electron chi connectivity index (χ4n) is 5.94. The van der Waals surface area contributed by atoms with E-state index in [1.807, 2.05) is 76.1 Å². The summed E-state index contributed by atoms with van der Waals surface area (Å²) in [6.45, 7) is 7.54. The number of allylic oxidation sites excluding steroid dienone is 2. The van der Waals surface area contributed by atoms with E-state index in [4.69, 9.17) is 9.72 Å². The topological polar surface area (TPSA) is 89.4 Å². The number of aldehydes is 1. The summed E-state index contributed by atoms with van der Waals surface area (Å²) in [7, 11) is 1.92. The first-order valence-corrected chi connectivity index (χ1v) is 13.7. The van der Waals surface area contributed by atoms with Crippen LogP contribution in [0.15, 0.2) is 48.8 Å². The minimum Gasteiger partial charge on any atom is -0.444 e. The van der Waals surface area contributed by atoms with E-state index >= 15 is 0 Å². The quantitative estimate of drug-likeness (QED) is 0.365. The van der Waals surface area contributed by atoms with Crippen LogP contribution < -0.4 is 5.32 Å². The molecule has 1 saturated carbocycles. The molecule has 38 heavy (non-hydrogen) atoms. The highest BCUT2D eigenvalue weighted by Crippen LogP contribution is 2.42. The normalized spacial score (nSPS) is 22.1. The molecule has 0 spiro atoms. The molecule has 0 aromatic carbocycles. The maximum atomic E-state index is 13.7. The van der Waals surface area contributed by atoms with Crippen LogP contribution in [0.3, 0.4) is 0 Å². The van der Waals surface area contributed by atoms with Crippen LogP contribution in [-0.2, 0) is 16.6 Å². The number of hydrogen-bond acceptors (Lipinski definition) is 6. The van der Waals surface area contributed by atoms with Gasteiger partial charge in [-0.05, 0) is 64.2 Å². The summed E-state index contributed by atoms with van der Waals surface area (Å²) in [5, 5.41) is 7.96. The highest BCUT2D eigenvalue weighted by Gasteiger charge is 2.51. The fourth-order valence-corrected chi connectivity index (χ4v) is 5.94. The molecule has 8 nitrogen and oxygen atoms in total. The van der Waals surface area contributed by atoms with Crippen LogP contribution in [0.2, 0.25) is 0 Å². The summed E-state index contributed by atoms with van der Waals surface area (Å²) in [5.74, 6) is 0.860. The molecule has 8 heteroatoms. The highest BCUT2D eigenvalue weighted by molar-refractivity contribution is 5.74. The van der Waals surface area contributed by atoms with Gasteiger partial charge in [0, 0.05) is 18.8 Å². The largest absolute Gasteiger partial charge is 0.444 e. The molecule has 204 valence electrons. The van der Waals surface area contributed by atoms with E-state index < -0.39 is 17.2 Å². The Labute approximate surface area is 226 Å². The van der Waals surface area contributed by atoms with Crippen LogP contribution in [0.4, 0.5) is 10.6 Å². The molecule has 0 bridgehead atoms. The molecular formula is C30H41N5O3. The number of ether oxygens (including phenoxy) is 1. The molecule has 2 aliphatic carbocycles. The summed E-state index contributed by atoms with van der Waals surface area (Å²) in [4.78, 5) is 32.0. The molecule has 2 aliphatic rings. The zero-order chi connectivity index (χ0) is 27.3. The first-order chi connectivity index (χ1) is 18.2. The molecule has 0 radical (unpaired) electrons. The molecule has 2 aromatic heterocycles. The predicted octanol–water partition coefficient (Wildman–Crippen LogP) is 5.84. The average Bonchev–Trinajstić information content (AvgIpc) is 3.05. The van der Waals surface area contributed by atoms with Crippen LogP contribution in [0, 0.1) is 12.8 Å². The van der Waals surface area contributed by atoms with Crippen molar-refractivity contribution in [2.75, 3.05) is 11.9 Å².